The van der Waals surface area contributed by atoms with Crippen LogP contribution in [0.5, 0.6) is 0 Å². The van der Waals surface area contributed by atoms with Crippen molar-refractivity contribution in [3.05, 3.63) is 54.0 Å². The van der Waals surface area contributed by atoms with Crippen LogP contribution in [0.15, 0.2) is 42.7 Å². The van der Waals surface area contributed by atoms with E-state index in [1.54, 1.807) is 0 Å². The molecule has 2 aromatic heterocycles. The quantitative estimate of drug-likeness (QED) is 0.144. The van der Waals surface area contributed by atoms with E-state index in [2.05, 4.69) is 27.8 Å². The first kappa shape index (κ1) is 27.7. The van der Waals surface area contributed by atoms with Crippen molar-refractivity contribution < 1.29 is 24.2 Å². The third kappa shape index (κ3) is 7.35. The number of pyridine rings is 1. The number of anilines is 2. The summed E-state index contributed by atoms with van der Waals surface area (Å²) in [6, 6.07) is 11.0. The second-order valence-corrected chi connectivity index (χ2v) is 9.96. The lowest BCUT2D eigenvalue weighted by molar-refractivity contribution is -0.894. The molecule has 4 rings (SSSR count). The molecule has 10 heteroatoms. The lowest BCUT2D eigenvalue weighted by Gasteiger charge is -2.25. The number of hydrogen-bond donors (Lipinski definition) is 4. The van der Waals surface area contributed by atoms with Crippen molar-refractivity contribution in [1.29, 1.82) is 0 Å². The number of carbonyl (C=O) groups is 1. The number of hydrogen-bond acceptors (Lipinski definition) is 8. The van der Waals surface area contributed by atoms with Gasteiger partial charge in [-0.1, -0.05) is 22.9 Å². The van der Waals surface area contributed by atoms with Crippen molar-refractivity contribution in [1.82, 2.24) is 14.9 Å². The first-order valence-electron chi connectivity index (χ1n) is 13.4. The lowest BCUT2D eigenvalue weighted by atomic mass is 10.1. The number of para-hydroxylation sites is 1. The van der Waals surface area contributed by atoms with Gasteiger partial charge in [0.15, 0.2) is 11.3 Å². The van der Waals surface area contributed by atoms with Crippen LogP contribution in [0.1, 0.15) is 43.9 Å². The van der Waals surface area contributed by atoms with Gasteiger partial charge in [0.05, 0.1) is 11.5 Å². The van der Waals surface area contributed by atoms with Gasteiger partial charge in [0.25, 0.3) is 12.1 Å². The average molecular weight is 526 g/mol. The standard InChI is InChI=1S/C28H37FN6O3/c1-20(36)25(33-28-24-9-2-3-10-26(24)31-19-35(28)38)13-16-34(18-23(37)17-29)15-5-4-8-22-12-11-21-7-6-14-30-27(21)32-22/h2-3,9-12,19,23,25,37-38H,4-8,13-18H2,1H3,(H,30,32)/p+1/t23?,25-/m0/s1. The molecular weight excluding hydrogens is 487 g/mol. The summed E-state index contributed by atoms with van der Waals surface area (Å²) in [6.45, 7) is 3.00. The van der Waals surface area contributed by atoms with Gasteiger partial charge in [-0.3, -0.25) is 10.1 Å². The molecule has 0 fully saturated rings. The molecule has 0 amide bonds. The van der Waals surface area contributed by atoms with Gasteiger partial charge in [0.1, 0.15) is 18.5 Å². The Balaban J connectivity index is 1.34. The molecule has 1 aromatic carbocycles. The highest BCUT2D eigenvalue weighted by Crippen LogP contribution is 2.21. The topological polar surface area (TPSA) is 114 Å². The Kier molecular flexibility index (Phi) is 9.78. The highest BCUT2D eigenvalue weighted by Gasteiger charge is 2.24. The van der Waals surface area contributed by atoms with Crippen molar-refractivity contribution in [3.8, 4) is 0 Å². The molecular formula is C28H38FN6O3+. The molecule has 3 heterocycles. The Hall–Kier alpha value is -3.37. The van der Waals surface area contributed by atoms with Gasteiger partial charge < -0.3 is 20.5 Å². The van der Waals surface area contributed by atoms with Crippen LogP contribution in [0.25, 0.3) is 10.9 Å². The maximum absolute atomic E-state index is 13.1. The number of benzene rings is 1. The summed E-state index contributed by atoms with van der Waals surface area (Å²) < 4.78 is 14.0. The minimum atomic E-state index is -1.07. The fourth-order valence-corrected chi connectivity index (χ4v) is 4.87. The van der Waals surface area contributed by atoms with Crippen LogP contribution >= 0.6 is 0 Å². The van der Waals surface area contributed by atoms with E-state index in [9.17, 15) is 19.5 Å². The van der Waals surface area contributed by atoms with Crippen LogP contribution in [0.3, 0.4) is 0 Å². The normalized spacial score (nSPS) is 14.6. The fourth-order valence-electron chi connectivity index (χ4n) is 4.87. The Morgan fingerprint density at radius 3 is 2.89 bits per heavy atom. The molecule has 0 radical (unpaired) electrons. The number of fused-ring (bicyclic) bond motifs is 2. The van der Waals surface area contributed by atoms with E-state index in [1.807, 2.05) is 29.2 Å². The number of aryl methyl sites for hydroxylation is 2. The summed E-state index contributed by atoms with van der Waals surface area (Å²) in [6.07, 6.45) is 5.46. The molecule has 1 aliphatic heterocycles. The summed E-state index contributed by atoms with van der Waals surface area (Å²) >= 11 is 0. The third-order valence-electron chi connectivity index (χ3n) is 6.99. The Bertz CT molecular complexity index is 1230. The molecule has 0 spiro atoms. The van der Waals surface area contributed by atoms with Gasteiger partial charge in [-0.2, -0.15) is 0 Å². The number of unbranched alkanes of at least 4 members (excludes halogenated alkanes) is 1. The number of ketones is 1. The average Bonchev–Trinajstić information content (AvgIpc) is 2.93. The third-order valence-corrected chi connectivity index (χ3v) is 6.99. The Morgan fingerprint density at radius 2 is 2.08 bits per heavy atom. The van der Waals surface area contributed by atoms with Crippen molar-refractivity contribution in [2.45, 2.75) is 57.6 Å². The summed E-state index contributed by atoms with van der Waals surface area (Å²) in [7, 11) is 0. The van der Waals surface area contributed by atoms with Crippen LogP contribution in [0.4, 0.5) is 16.0 Å². The molecule has 0 aliphatic carbocycles. The SMILES string of the molecule is CC(=O)[C@H](CCN(CCCCc1ccc2c(n1)NCCC2)CC(O)CF)Nc1c2ccccc2nc[n+]1O. The summed E-state index contributed by atoms with van der Waals surface area (Å²) in [4.78, 5) is 23.5. The molecule has 2 atom stereocenters. The number of aromatic nitrogens is 3. The summed E-state index contributed by atoms with van der Waals surface area (Å²) in [5, 5.41) is 27.6. The zero-order valence-electron chi connectivity index (χ0n) is 21.9. The van der Waals surface area contributed by atoms with Gasteiger partial charge in [-0.15, -0.1) is 4.98 Å². The second kappa shape index (κ2) is 13.4. The first-order chi connectivity index (χ1) is 18.4. The highest BCUT2D eigenvalue weighted by molar-refractivity contribution is 5.90. The molecule has 0 bridgehead atoms. The van der Waals surface area contributed by atoms with Gasteiger partial charge >= 0.3 is 0 Å². The summed E-state index contributed by atoms with van der Waals surface area (Å²) in [5.41, 5.74) is 3.02. The minimum absolute atomic E-state index is 0.0797. The number of nitrogens with one attached hydrogen (secondary N) is 2. The number of aliphatic hydroxyl groups excluding tert-OH is 1. The molecule has 9 nitrogen and oxygen atoms in total. The van der Waals surface area contributed by atoms with Crippen LogP contribution in [-0.2, 0) is 17.6 Å². The number of aliphatic hydroxyl groups is 1. The number of rotatable bonds is 14. The van der Waals surface area contributed by atoms with Gasteiger partial charge in [0.2, 0.25) is 0 Å². The molecule has 1 unspecified atom stereocenters. The number of nitrogens with zero attached hydrogens (tertiary/aromatic N) is 4. The van der Waals surface area contributed by atoms with Crippen LogP contribution in [0, 0.1) is 0 Å². The molecule has 204 valence electrons. The maximum atomic E-state index is 13.1. The second-order valence-electron chi connectivity index (χ2n) is 9.96. The van der Waals surface area contributed by atoms with E-state index >= 15 is 0 Å². The number of alkyl halides is 1. The van der Waals surface area contributed by atoms with Gasteiger partial charge in [-0.25, -0.2) is 9.37 Å². The number of halogens is 1. The zero-order valence-corrected chi connectivity index (χ0v) is 21.9. The van der Waals surface area contributed by atoms with E-state index in [0.717, 1.165) is 54.9 Å². The molecule has 4 N–H and O–H groups in total. The predicted octanol–water partition coefficient (Wildman–Crippen LogP) is 2.93. The minimum Gasteiger partial charge on any atom is -0.389 e. The van der Waals surface area contributed by atoms with Crippen molar-refractivity contribution in [2.24, 2.45) is 0 Å². The monoisotopic (exact) mass is 525 g/mol. The van der Waals surface area contributed by atoms with Gasteiger partial charge in [-0.05, 0) is 69.3 Å². The van der Waals surface area contributed by atoms with E-state index in [-0.39, 0.29) is 12.3 Å². The molecule has 0 saturated carbocycles. The van der Waals surface area contributed by atoms with E-state index in [4.69, 9.17) is 4.98 Å². The first-order valence-corrected chi connectivity index (χ1v) is 13.4. The van der Waals surface area contributed by atoms with E-state index in [0.29, 0.717) is 36.2 Å². The Morgan fingerprint density at radius 1 is 1.24 bits per heavy atom. The van der Waals surface area contributed by atoms with Crippen LogP contribution in [-0.4, -0.2) is 76.0 Å². The van der Waals surface area contributed by atoms with E-state index < -0.39 is 18.8 Å². The highest BCUT2D eigenvalue weighted by atomic mass is 19.1. The van der Waals surface area contributed by atoms with Crippen molar-refractivity contribution in [3.63, 3.8) is 0 Å². The van der Waals surface area contributed by atoms with Gasteiger partial charge in [0, 0.05) is 31.7 Å². The van der Waals surface area contributed by atoms with Crippen molar-refractivity contribution in [2.75, 3.05) is 43.5 Å². The lowest BCUT2D eigenvalue weighted by Crippen LogP contribution is -2.42. The largest absolute Gasteiger partial charge is 0.389 e. The maximum Gasteiger partial charge on any atom is 0.271 e. The van der Waals surface area contributed by atoms with E-state index in [1.165, 1.54) is 18.8 Å². The fraction of sp³-hybridized carbons (Fsp3) is 0.500. The number of carbonyl (C=O) groups excluding carboxylic acids is 1. The predicted molar refractivity (Wildman–Crippen MR) is 144 cm³/mol. The molecule has 1 aliphatic rings. The van der Waals surface area contributed by atoms with Crippen LogP contribution in [0.2, 0.25) is 0 Å². The van der Waals surface area contributed by atoms with Crippen molar-refractivity contribution >= 4 is 28.3 Å². The smallest absolute Gasteiger partial charge is 0.271 e. The Labute approximate surface area is 222 Å². The zero-order chi connectivity index (χ0) is 26.9. The number of Topliss-reactive ketones (excluding diaryl/α,β-unsaturated/α-hetero) is 1. The molecule has 0 saturated heterocycles. The molecule has 3 aromatic rings. The summed E-state index contributed by atoms with van der Waals surface area (Å²) in [5.74, 6) is 1.30. The molecule has 38 heavy (non-hydrogen) atoms. The van der Waals surface area contributed by atoms with Crippen LogP contribution < -0.4 is 15.4 Å².